The van der Waals surface area contributed by atoms with Gasteiger partial charge in [-0.2, -0.15) is 4.31 Å². The molecule has 1 heterocycles. The maximum absolute atomic E-state index is 12.9. The van der Waals surface area contributed by atoms with Gasteiger partial charge in [0, 0.05) is 31.9 Å². The van der Waals surface area contributed by atoms with Crippen molar-refractivity contribution in [3.05, 3.63) is 53.1 Å². The normalized spacial score (nSPS) is 15.6. The van der Waals surface area contributed by atoms with E-state index in [2.05, 4.69) is 4.90 Å². The molecule has 0 spiro atoms. The third kappa shape index (κ3) is 4.02. The van der Waals surface area contributed by atoms with E-state index < -0.39 is 16.0 Å². The van der Waals surface area contributed by atoms with E-state index in [9.17, 15) is 13.2 Å². The van der Waals surface area contributed by atoms with Gasteiger partial charge in [0.15, 0.2) is 0 Å². The molecule has 7 nitrogen and oxygen atoms in total. The number of carboxylic acid groups (broad SMARTS) is 1. The predicted molar refractivity (Wildman–Crippen MR) is 102 cm³/mol. The number of anilines is 1. The Labute approximate surface area is 162 Å². The van der Waals surface area contributed by atoms with Crippen LogP contribution in [0.5, 0.6) is 5.75 Å². The lowest BCUT2D eigenvalue weighted by molar-refractivity contribution is 0.0697. The van der Waals surface area contributed by atoms with Gasteiger partial charge in [0.05, 0.1) is 22.6 Å². The van der Waals surface area contributed by atoms with Gasteiger partial charge in [0.2, 0.25) is 10.0 Å². The molecule has 1 aliphatic rings. The van der Waals surface area contributed by atoms with Crippen LogP contribution in [0, 0.1) is 0 Å². The monoisotopic (exact) mass is 410 g/mol. The van der Waals surface area contributed by atoms with Crippen LogP contribution >= 0.6 is 11.6 Å². The Morgan fingerprint density at radius 1 is 1.07 bits per heavy atom. The van der Waals surface area contributed by atoms with Crippen molar-refractivity contribution in [1.82, 2.24) is 4.31 Å². The number of rotatable bonds is 5. The Hall–Kier alpha value is -2.29. The first-order chi connectivity index (χ1) is 12.8. The van der Waals surface area contributed by atoms with Gasteiger partial charge in [-0.05, 0) is 42.5 Å². The molecule has 0 bridgehead atoms. The van der Waals surface area contributed by atoms with E-state index in [0.29, 0.717) is 26.2 Å². The molecule has 0 atom stereocenters. The number of ether oxygens (including phenoxy) is 1. The van der Waals surface area contributed by atoms with Gasteiger partial charge in [-0.25, -0.2) is 13.2 Å². The summed E-state index contributed by atoms with van der Waals surface area (Å²) < 4.78 is 32.2. The van der Waals surface area contributed by atoms with Crippen LogP contribution in [-0.2, 0) is 10.0 Å². The second-order valence-electron chi connectivity index (χ2n) is 6.04. The average molecular weight is 411 g/mol. The molecule has 1 N–H and O–H groups in total. The molecule has 0 unspecified atom stereocenters. The molecule has 1 aliphatic heterocycles. The lowest BCUT2D eigenvalue weighted by atomic mass is 10.2. The molecule has 0 aromatic heterocycles. The minimum Gasteiger partial charge on any atom is -0.497 e. The van der Waals surface area contributed by atoms with Crippen molar-refractivity contribution in [1.29, 1.82) is 0 Å². The number of halogens is 1. The van der Waals surface area contributed by atoms with E-state index in [0.717, 1.165) is 17.5 Å². The third-order valence-electron chi connectivity index (χ3n) is 4.48. The Balaban J connectivity index is 1.74. The van der Waals surface area contributed by atoms with Gasteiger partial charge in [0.1, 0.15) is 5.75 Å². The summed E-state index contributed by atoms with van der Waals surface area (Å²) in [5.74, 6) is -0.502. The van der Waals surface area contributed by atoms with E-state index in [-0.39, 0.29) is 15.5 Å². The summed E-state index contributed by atoms with van der Waals surface area (Å²) in [4.78, 5) is 13.2. The fourth-order valence-corrected chi connectivity index (χ4v) is 4.60. The number of nitrogens with zero attached hydrogens (tertiary/aromatic N) is 2. The molecule has 2 aromatic rings. The number of piperazine rings is 1. The van der Waals surface area contributed by atoms with E-state index >= 15 is 0 Å². The van der Waals surface area contributed by atoms with Crippen LogP contribution in [0.3, 0.4) is 0 Å². The van der Waals surface area contributed by atoms with Crippen molar-refractivity contribution in [3.8, 4) is 5.75 Å². The molecule has 0 saturated carbocycles. The molecule has 3 rings (SSSR count). The minimum absolute atomic E-state index is 0.00535. The topological polar surface area (TPSA) is 87.2 Å². The van der Waals surface area contributed by atoms with Gasteiger partial charge in [-0.1, -0.05) is 11.6 Å². The van der Waals surface area contributed by atoms with E-state index in [1.165, 1.54) is 16.4 Å². The predicted octanol–water partition coefficient (Wildman–Crippen LogP) is 2.56. The molecule has 0 amide bonds. The SMILES string of the molecule is COc1ccc(N2CCN(S(=O)(=O)c3ccc(Cl)c(C(=O)O)c3)CC2)cc1. The van der Waals surface area contributed by atoms with Crippen LogP contribution in [0.1, 0.15) is 10.4 Å². The lowest BCUT2D eigenvalue weighted by Gasteiger charge is -2.35. The van der Waals surface area contributed by atoms with Crippen LogP contribution < -0.4 is 9.64 Å². The van der Waals surface area contributed by atoms with Crippen LogP contribution in [-0.4, -0.2) is 57.1 Å². The molecular weight excluding hydrogens is 392 g/mol. The highest BCUT2D eigenvalue weighted by atomic mass is 35.5. The zero-order valence-corrected chi connectivity index (χ0v) is 16.2. The number of sulfonamides is 1. The highest BCUT2D eigenvalue weighted by Gasteiger charge is 2.29. The fraction of sp³-hybridized carbons (Fsp3) is 0.278. The first-order valence-corrected chi connectivity index (χ1v) is 10.1. The number of carboxylic acids is 1. The van der Waals surface area contributed by atoms with Crippen LogP contribution in [0.15, 0.2) is 47.4 Å². The quantitative estimate of drug-likeness (QED) is 0.815. The van der Waals surface area contributed by atoms with Crippen molar-refractivity contribution in [3.63, 3.8) is 0 Å². The maximum Gasteiger partial charge on any atom is 0.337 e. The average Bonchev–Trinajstić information content (AvgIpc) is 2.68. The number of hydrogen-bond acceptors (Lipinski definition) is 5. The standard InChI is InChI=1S/C18H19ClN2O5S/c1-26-14-4-2-13(3-5-14)20-8-10-21(11-9-20)27(24,25)15-6-7-17(19)16(12-15)18(22)23/h2-7,12H,8-11H2,1H3,(H,22,23). The van der Waals surface area contributed by atoms with Crippen molar-refractivity contribution in [2.75, 3.05) is 38.2 Å². The van der Waals surface area contributed by atoms with E-state index in [4.69, 9.17) is 21.4 Å². The molecular formula is C18H19ClN2O5S. The first kappa shape index (κ1) is 19.5. The number of hydrogen-bond donors (Lipinski definition) is 1. The Morgan fingerprint density at radius 3 is 2.26 bits per heavy atom. The van der Waals surface area contributed by atoms with Gasteiger partial charge in [-0.3, -0.25) is 0 Å². The second kappa shape index (κ2) is 7.75. The summed E-state index contributed by atoms with van der Waals surface area (Å²) in [5, 5.41) is 9.16. The van der Waals surface area contributed by atoms with E-state index in [1.54, 1.807) is 7.11 Å². The van der Waals surface area contributed by atoms with Gasteiger partial charge >= 0.3 is 5.97 Å². The van der Waals surface area contributed by atoms with Crippen LogP contribution in [0.2, 0.25) is 5.02 Å². The van der Waals surface area contributed by atoms with Crippen molar-refractivity contribution < 1.29 is 23.1 Å². The number of aromatic carboxylic acids is 1. The summed E-state index contributed by atoms with van der Waals surface area (Å²) in [6.07, 6.45) is 0. The Morgan fingerprint density at radius 2 is 1.70 bits per heavy atom. The molecule has 1 fully saturated rings. The summed E-state index contributed by atoms with van der Waals surface area (Å²) >= 11 is 5.83. The largest absolute Gasteiger partial charge is 0.497 e. The number of carbonyl (C=O) groups is 1. The zero-order valence-electron chi connectivity index (χ0n) is 14.6. The van der Waals surface area contributed by atoms with Crippen molar-refractivity contribution >= 4 is 33.3 Å². The van der Waals surface area contributed by atoms with Gasteiger partial charge < -0.3 is 14.7 Å². The van der Waals surface area contributed by atoms with Crippen LogP contribution in [0.4, 0.5) is 5.69 Å². The van der Waals surface area contributed by atoms with Crippen molar-refractivity contribution in [2.45, 2.75) is 4.90 Å². The second-order valence-corrected chi connectivity index (χ2v) is 8.38. The molecule has 144 valence electrons. The molecule has 0 aliphatic carbocycles. The van der Waals surface area contributed by atoms with Crippen molar-refractivity contribution in [2.24, 2.45) is 0 Å². The number of methoxy groups -OCH3 is 1. The molecule has 9 heteroatoms. The highest BCUT2D eigenvalue weighted by molar-refractivity contribution is 7.89. The highest BCUT2D eigenvalue weighted by Crippen LogP contribution is 2.25. The minimum atomic E-state index is -3.79. The summed E-state index contributed by atoms with van der Waals surface area (Å²) in [6, 6.07) is 11.3. The Kier molecular flexibility index (Phi) is 5.59. The van der Waals surface area contributed by atoms with E-state index in [1.807, 2.05) is 24.3 Å². The van der Waals surface area contributed by atoms with Gasteiger partial charge in [-0.15, -0.1) is 0 Å². The molecule has 2 aromatic carbocycles. The lowest BCUT2D eigenvalue weighted by Crippen LogP contribution is -2.48. The summed E-state index contributed by atoms with van der Waals surface area (Å²) in [7, 11) is -2.18. The summed E-state index contributed by atoms with van der Waals surface area (Å²) in [6.45, 7) is 1.68. The number of benzene rings is 2. The zero-order chi connectivity index (χ0) is 19.6. The molecule has 27 heavy (non-hydrogen) atoms. The maximum atomic E-state index is 12.9. The smallest absolute Gasteiger partial charge is 0.337 e. The molecule has 1 saturated heterocycles. The van der Waals surface area contributed by atoms with Gasteiger partial charge in [0.25, 0.3) is 0 Å². The fourth-order valence-electron chi connectivity index (χ4n) is 2.96. The summed E-state index contributed by atoms with van der Waals surface area (Å²) in [5.41, 5.74) is 0.766. The third-order valence-corrected chi connectivity index (χ3v) is 6.71. The van der Waals surface area contributed by atoms with Crippen LogP contribution in [0.25, 0.3) is 0 Å². The first-order valence-electron chi connectivity index (χ1n) is 8.25. The Bertz CT molecular complexity index is 939. The molecule has 0 radical (unpaired) electrons.